The summed E-state index contributed by atoms with van der Waals surface area (Å²) >= 11 is 0. The number of fused-ring (bicyclic) bond motifs is 2. The first-order chi connectivity index (χ1) is 18.6. The molecule has 2 heterocycles. The number of aldehydes is 1. The van der Waals surface area contributed by atoms with Crippen LogP contribution < -0.4 is 5.32 Å². The molecule has 0 aromatic heterocycles. The van der Waals surface area contributed by atoms with Crippen molar-refractivity contribution in [1.29, 1.82) is 10.5 Å². The highest BCUT2D eigenvalue weighted by atomic mass is 16.6. The Morgan fingerprint density at radius 2 is 1.82 bits per heavy atom. The summed E-state index contributed by atoms with van der Waals surface area (Å²) in [6, 6.07) is 4.23. The average Bonchev–Trinajstić information content (AvgIpc) is 3.54. The fraction of sp³-hybridized carbons (Fsp3) is 0.828. The number of carbonyl (C=O) groups excluding carboxylic acids is 3. The lowest BCUT2D eigenvalue weighted by molar-refractivity contribution is -0.135. The molecule has 2 aliphatic carbocycles. The first-order valence-electron chi connectivity index (χ1n) is 14.5. The van der Waals surface area contributed by atoms with Crippen molar-refractivity contribution in [2.75, 3.05) is 39.8 Å². The quantitative estimate of drug-likeness (QED) is 0.486. The third kappa shape index (κ3) is 7.49. The van der Waals surface area contributed by atoms with E-state index in [1.54, 1.807) is 16.7 Å². The Morgan fingerprint density at radius 1 is 1.13 bits per heavy atom. The second-order valence-corrected chi connectivity index (χ2v) is 12.2. The summed E-state index contributed by atoms with van der Waals surface area (Å²) in [5, 5.41) is 21.3. The number of nitriles is 2. The molecule has 4 rings (SSSR count). The van der Waals surface area contributed by atoms with Gasteiger partial charge in [-0.05, 0) is 97.1 Å². The lowest BCUT2D eigenvalue weighted by atomic mass is 9.58. The number of carbonyl (C=O) groups is 3. The number of hydrogen-bond donors (Lipinski definition) is 1. The predicted octanol–water partition coefficient (Wildman–Crippen LogP) is 3.08. The number of nitrogens with zero attached hydrogens (tertiary/aromatic N) is 5. The van der Waals surface area contributed by atoms with Crippen LogP contribution in [0.3, 0.4) is 0 Å². The molecule has 2 amide bonds. The van der Waals surface area contributed by atoms with Gasteiger partial charge in [0.25, 0.3) is 0 Å². The molecule has 39 heavy (non-hydrogen) atoms. The minimum absolute atomic E-state index is 0.0838. The van der Waals surface area contributed by atoms with Crippen molar-refractivity contribution >= 4 is 18.3 Å². The SMILES string of the molecule is CCOC(=O)N(CC(=O)N1CCCC1C#N)C1(C)CC2CC(C)CC(NCC=O)(C2)C1.CN1CCCC1C#N. The third-order valence-electron chi connectivity index (χ3n) is 8.99. The van der Waals surface area contributed by atoms with Gasteiger partial charge in [-0.3, -0.25) is 14.6 Å². The number of nitrogens with one attached hydrogen (secondary N) is 1. The van der Waals surface area contributed by atoms with Crippen LogP contribution in [0.2, 0.25) is 0 Å². The Balaban J connectivity index is 0.000000449. The van der Waals surface area contributed by atoms with Crippen molar-refractivity contribution in [2.45, 2.75) is 102 Å². The molecule has 0 aromatic carbocycles. The standard InChI is InChI=1S/C23H36N4O4.C6H10N2/c1-4-31-21(30)27(15-20(29)26-8-5-6-19(26)14-24)22(3)12-18-10-17(2)11-23(13-18,16-22)25-7-9-28;1-8-4-2-3-6(8)5-7/h9,17-19,25H,4-8,10-13,15-16H2,1-3H3;6H,2-4H2,1H3. The summed E-state index contributed by atoms with van der Waals surface area (Å²) in [7, 11) is 2.00. The van der Waals surface area contributed by atoms with E-state index in [1.165, 1.54) is 6.42 Å². The van der Waals surface area contributed by atoms with Crippen LogP contribution in [-0.2, 0) is 14.3 Å². The molecule has 216 valence electrons. The molecular weight excluding hydrogens is 496 g/mol. The van der Waals surface area contributed by atoms with Crippen LogP contribution in [0.1, 0.15) is 78.6 Å². The number of ether oxygens (including phenoxy) is 1. The van der Waals surface area contributed by atoms with E-state index >= 15 is 0 Å². The van der Waals surface area contributed by atoms with Crippen LogP contribution in [0.15, 0.2) is 0 Å². The zero-order valence-corrected chi connectivity index (χ0v) is 24.2. The van der Waals surface area contributed by atoms with Crippen LogP contribution in [0.5, 0.6) is 0 Å². The summed E-state index contributed by atoms with van der Waals surface area (Å²) in [5.74, 6) is 0.755. The van der Waals surface area contributed by atoms with Crippen molar-refractivity contribution < 1.29 is 19.1 Å². The Hall–Kier alpha value is -2.69. The second-order valence-electron chi connectivity index (χ2n) is 12.2. The molecular formula is C29H46N6O4. The molecule has 4 aliphatic rings. The van der Waals surface area contributed by atoms with Gasteiger partial charge in [0, 0.05) is 17.6 Å². The monoisotopic (exact) mass is 542 g/mol. The summed E-state index contributed by atoms with van der Waals surface area (Å²) in [6.45, 7) is 8.13. The molecule has 2 bridgehead atoms. The molecule has 0 spiro atoms. The van der Waals surface area contributed by atoms with Gasteiger partial charge >= 0.3 is 6.09 Å². The molecule has 10 heteroatoms. The van der Waals surface area contributed by atoms with Gasteiger partial charge in [0.15, 0.2) is 0 Å². The van der Waals surface area contributed by atoms with E-state index in [4.69, 9.17) is 10.00 Å². The first kappa shape index (κ1) is 30.8. The molecule has 6 unspecified atom stereocenters. The van der Waals surface area contributed by atoms with Gasteiger partial charge in [-0.25, -0.2) is 4.79 Å². The lowest BCUT2D eigenvalue weighted by Crippen LogP contribution is -2.65. The van der Waals surface area contributed by atoms with Gasteiger partial charge in [0.05, 0.1) is 31.3 Å². The number of likely N-dealkylation sites (tertiary alicyclic amines) is 2. The van der Waals surface area contributed by atoms with Gasteiger partial charge in [-0.2, -0.15) is 10.5 Å². The minimum atomic E-state index is -0.567. The van der Waals surface area contributed by atoms with Crippen LogP contribution >= 0.6 is 0 Å². The molecule has 6 atom stereocenters. The predicted molar refractivity (Wildman–Crippen MR) is 146 cm³/mol. The third-order valence-corrected chi connectivity index (χ3v) is 8.99. The van der Waals surface area contributed by atoms with E-state index in [9.17, 15) is 19.6 Å². The lowest BCUT2D eigenvalue weighted by Gasteiger charge is -2.57. The van der Waals surface area contributed by atoms with E-state index in [0.717, 1.165) is 51.4 Å². The topological polar surface area (TPSA) is 130 Å². The normalized spacial score (nSPS) is 33.7. The minimum Gasteiger partial charge on any atom is -0.450 e. The van der Waals surface area contributed by atoms with E-state index in [1.807, 2.05) is 14.0 Å². The highest BCUT2D eigenvalue weighted by Crippen LogP contribution is 2.51. The van der Waals surface area contributed by atoms with Gasteiger partial charge in [0.1, 0.15) is 18.9 Å². The fourth-order valence-electron chi connectivity index (χ4n) is 7.61. The fourth-order valence-corrected chi connectivity index (χ4v) is 7.61. The number of hydrogen-bond acceptors (Lipinski definition) is 8. The molecule has 0 radical (unpaired) electrons. The number of amides is 2. The van der Waals surface area contributed by atoms with Gasteiger partial charge in [0.2, 0.25) is 5.91 Å². The van der Waals surface area contributed by atoms with Gasteiger partial charge < -0.3 is 19.7 Å². The Bertz CT molecular complexity index is 958. The Kier molecular flexibility index (Phi) is 10.7. The molecule has 2 aliphatic heterocycles. The van der Waals surface area contributed by atoms with Crippen LogP contribution in [0.4, 0.5) is 4.79 Å². The van der Waals surface area contributed by atoms with Crippen molar-refractivity contribution in [3.05, 3.63) is 0 Å². The zero-order valence-electron chi connectivity index (χ0n) is 24.2. The Labute approximate surface area is 233 Å². The maximum Gasteiger partial charge on any atom is 0.410 e. The molecule has 4 fully saturated rings. The Morgan fingerprint density at radius 3 is 2.41 bits per heavy atom. The molecule has 2 saturated heterocycles. The maximum absolute atomic E-state index is 13.1. The zero-order chi connectivity index (χ0) is 28.6. The summed E-state index contributed by atoms with van der Waals surface area (Å²) in [6.07, 6.45) is 8.61. The van der Waals surface area contributed by atoms with Crippen LogP contribution in [0.25, 0.3) is 0 Å². The van der Waals surface area contributed by atoms with Gasteiger partial charge in [-0.15, -0.1) is 0 Å². The van der Waals surface area contributed by atoms with E-state index < -0.39 is 17.7 Å². The van der Waals surface area contributed by atoms with Crippen molar-refractivity contribution in [2.24, 2.45) is 11.8 Å². The summed E-state index contributed by atoms with van der Waals surface area (Å²) < 4.78 is 5.37. The highest BCUT2D eigenvalue weighted by molar-refractivity contribution is 5.83. The van der Waals surface area contributed by atoms with E-state index in [-0.39, 0.29) is 37.2 Å². The van der Waals surface area contributed by atoms with Gasteiger partial charge in [-0.1, -0.05) is 6.92 Å². The molecule has 1 N–H and O–H groups in total. The molecule has 0 aromatic rings. The maximum atomic E-state index is 13.1. The molecule has 2 saturated carbocycles. The molecule has 10 nitrogen and oxygen atoms in total. The van der Waals surface area contributed by atoms with Crippen molar-refractivity contribution in [3.8, 4) is 12.1 Å². The van der Waals surface area contributed by atoms with E-state index in [2.05, 4.69) is 29.3 Å². The summed E-state index contributed by atoms with van der Waals surface area (Å²) in [4.78, 5) is 42.6. The van der Waals surface area contributed by atoms with Crippen LogP contribution in [0, 0.1) is 34.5 Å². The number of rotatable bonds is 7. The average molecular weight is 543 g/mol. The highest BCUT2D eigenvalue weighted by Gasteiger charge is 2.53. The van der Waals surface area contributed by atoms with Crippen LogP contribution in [-0.4, -0.2) is 96.0 Å². The summed E-state index contributed by atoms with van der Waals surface area (Å²) in [5.41, 5.74) is -0.796. The largest absolute Gasteiger partial charge is 0.450 e. The second kappa shape index (κ2) is 13.6. The smallest absolute Gasteiger partial charge is 0.410 e. The van der Waals surface area contributed by atoms with Crippen molar-refractivity contribution in [1.82, 2.24) is 20.0 Å². The van der Waals surface area contributed by atoms with E-state index in [0.29, 0.717) is 31.2 Å². The first-order valence-corrected chi connectivity index (χ1v) is 14.5. The van der Waals surface area contributed by atoms with Crippen molar-refractivity contribution in [3.63, 3.8) is 0 Å².